The number of rotatable bonds is 3. The summed E-state index contributed by atoms with van der Waals surface area (Å²) in [6, 6.07) is 24.9. The van der Waals surface area contributed by atoms with Crippen LogP contribution in [0.2, 0.25) is 0 Å². The quantitative estimate of drug-likeness (QED) is 0.482. The van der Waals surface area contributed by atoms with Crippen LogP contribution in [0.4, 0.5) is 4.79 Å². The van der Waals surface area contributed by atoms with Crippen molar-refractivity contribution >= 4 is 16.9 Å². The zero-order chi connectivity index (χ0) is 22.1. The lowest BCUT2D eigenvalue weighted by molar-refractivity contribution is 0.162. The van der Waals surface area contributed by atoms with Crippen molar-refractivity contribution < 1.29 is 9.53 Å². The number of hydrogen-bond acceptors (Lipinski definition) is 4. The van der Waals surface area contributed by atoms with E-state index < -0.39 is 0 Å². The molecule has 1 unspecified atom stereocenters. The van der Waals surface area contributed by atoms with Gasteiger partial charge >= 0.3 is 6.09 Å². The summed E-state index contributed by atoms with van der Waals surface area (Å²) in [5.74, 6) is 0.825. The molecule has 3 aromatic carbocycles. The van der Waals surface area contributed by atoms with Crippen molar-refractivity contribution in [1.82, 2.24) is 14.7 Å². The Morgan fingerprint density at radius 2 is 1.62 bits per heavy atom. The van der Waals surface area contributed by atoms with Gasteiger partial charge in [0.1, 0.15) is 5.75 Å². The second-order valence-electron chi connectivity index (χ2n) is 8.06. The third-order valence-corrected chi connectivity index (χ3v) is 6.01. The second kappa shape index (κ2) is 8.30. The molecule has 0 radical (unpaired) electrons. The van der Waals surface area contributed by atoms with Crippen molar-refractivity contribution in [2.24, 2.45) is 7.05 Å². The molecule has 1 aromatic heterocycles. The van der Waals surface area contributed by atoms with Crippen molar-refractivity contribution in [1.29, 1.82) is 0 Å². The fourth-order valence-corrected chi connectivity index (χ4v) is 4.28. The number of benzene rings is 3. The van der Waals surface area contributed by atoms with Crippen LogP contribution in [0.25, 0.3) is 22.0 Å². The third kappa shape index (κ3) is 3.75. The highest BCUT2D eigenvalue weighted by Gasteiger charge is 2.28. The largest absolute Gasteiger partial charge is 0.415 e. The van der Waals surface area contributed by atoms with Gasteiger partial charge < -0.3 is 9.64 Å². The second-order valence-corrected chi connectivity index (χ2v) is 8.06. The van der Waals surface area contributed by atoms with E-state index in [1.807, 2.05) is 48.5 Å². The van der Waals surface area contributed by atoms with Crippen LogP contribution in [-0.2, 0) is 7.05 Å². The summed E-state index contributed by atoms with van der Waals surface area (Å²) in [4.78, 5) is 26.8. The minimum atomic E-state index is -0.332. The fourth-order valence-electron chi connectivity index (χ4n) is 4.28. The van der Waals surface area contributed by atoms with Gasteiger partial charge in [-0.3, -0.25) is 4.79 Å². The molecule has 1 amide bonds. The van der Waals surface area contributed by atoms with E-state index in [2.05, 4.69) is 17.2 Å². The van der Waals surface area contributed by atoms with E-state index in [4.69, 9.17) is 4.74 Å². The van der Waals surface area contributed by atoms with E-state index in [1.165, 1.54) is 10.2 Å². The van der Waals surface area contributed by atoms with Crippen LogP contribution in [0, 0.1) is 0 Å². The Balaban J connectivity index is 1.32. The van der Waals surface area contributed by atoms with E-state index in [0.29, 0.717) is 35.8 Å². The van der Waals surface area contributed by atoms with Crippen molar-refractivity contribution in [2.75, 3.05) is 13.1 Å². The lowest BCUT2D eigenvalue weighted by Gasteiger charge is -2.16. The first-order valence-electron chi connectivity index (χ1n) is 10.7. The normalized spacial score (nSPS) is 15.8. The maximum Gasteiger partial charge on any atom is 0.415 e. The number of hydrogen-bond donors (Lipinski definition) is 0. The number of carbonyl (C=O) groups excluding carboxylic acids is 1. The van der Waals surface area contributed by atoms with Crippen LogP contribution in [0.15, 0.2) is 83.7 Å². The van der Waals surface area contributed by atoms with Gasteiger partial charge in [-0.2, -0.15) is 5.10 Å². The Hall–Kier alpha value is -3.93. The zero-order valence-corrected chi connectivity index (χ0v) is 17.8. The summed E-state index contributed by atoms with van der Waals surface area (Å²) >= 11 is 0. The van der Waals surface area contributed by atoms with Crippen LogP contribution < -0.4 is 10.3 Å². The first-order chi connectivity index (χ1) is 15.6. The average molecular weight is 425 g/mol. The van der Waals surface area contributed by atoms with Gasteiger partial charge in [0.05, 0.1) is 11.1 Å². The molecule has 32 heavy (non-hydrogen) atoms. The molecule has 0 N–H and O–H groups in total. The van der Waals surface area contributed by atoms with Gasteiger partial charge in [-0.05, 0) is 42.3 Å². The van der Waals surface area contributed by atoms with Crippen LogP contribution >= 0.6 is 0 Å². The number of amides is 1. The maximum atomic E-state index is 12.7. The topological polar surface area (TPSA) is 64.4 Å². The summed E-state index contributed by atoms with van der Waals surface area (Å²) in [6.45, 7) is 1.35. The molecule has 1 fully saturated rings. The Morgan fingerprint density at radius 3 is 2.38 bits per heavy atom. The van der Waals surface area contributed by atoms with Crippen LogP contribution in [0.1, 0.15) is 17.9 Å². The molecule has 1 atom stereocenters. The molecule has 1 aliphatic heterocycles. The molecule has 4 aromatic rings. The van der Waals surface area contributed by atoms with Crippen LogP contribution in [0.3, 0.4) is 0 Å². The highest BCUT2D eigenvalue weighted by molar-refractivity contribution is 5.93. The monoisotopic (exact) mass is 425 g/mol. The van der Waals surface area contributed by atoms with Crippen molar-refractivity contribution in [3.63, 3.8) is 0 Å². The van der Waals surface area contributed by atoms with Gasteiger partial charge in [0.25, 0.3) is 5.56 Å². The summed E-state index contributed by atoms with van der Waals surface area (Å²) in [6.07, 6.45) is 0.602. The number of aromatic nitrogens is 2. The fraction of sp³-hybridized carbons (Fsp3) is 0.192. The predicted molar refractivity (Wildman–Crippen MR) is 124 cm³/mol. The van der Waals surface area contributed by atoms with Gasteiger partial charge in [-0.1, -0.05) is 48.5 Å². The van der Waals surface area contributed by atoms with E-state index in [1.54, 1.807) is 30.1 Å². The number of nitrogens with zero attached hydrogens (tertiary/aromatic N) is 3. The number of fused-ring (bicyclic) bond motifs is 1. The molecule has 0 saturated carbocycles. The first-order valence-corrected chi connectivity index (χ1v) is 10.7. The van der Waals surface area contributed by atoms with Gasteiger partial charge in [-0.15, -0.1) is 0 Å². The van der Waals surface area contributed by atoms with Crippen LogP contribution in [0.5, 0.6) is 5.75 Å². The van der Waals surface area contributed by atoms with E-state index in [-0.39, 0.29) is 11.7 Å². The molecule has 6 heteroatoms. The highest BCUT2D eigenvalue weighted by Crippen LogP contribution is 2.29. The van der Waals surface area contributed by atoms with Gasteiger partial charge in [0.15, 0.2) is 0 Å². The minimum Gasteiger partial charge on any atom is -0.410 e. The number of ether oxygens (including phenoxy) is 1. The number of likely N-dealkylation sites (tertiary alicyclic amines) is 1. The Bertz CT molecular complexity index is 1330. The summed E-state index contributed by atoms with van der Waals surface area (Å²) in [7, 11) is 1.65. The van der Waals surface area contributed by atoms with Crippen molar-refractivity contribution in [3.8, 4) is 17.0 Å². The Labute approximate surface area is 185 Å². The minimum absolute atomic E-state index is 0.130. The molecular formula is C26H23N3O3. The van der Waals surface area contributed by atoms with Crippen LogP contribution in [-0.4, -0.2) is 33.9 Å². The molecule has 1 aliphatic rings. The lowest BCUT2D eigenvalue weighted by atomic mass is 9.99. The maximum absolute atomic E-state index is 12.7. The zero-order valence-electron chi connectivity index (χ0n) is 17.8. The molecule has 0 aliphatic carbocycles. The lowest BCUT2D eigenvalue weighted by Crippen LogP contribution is -2.31. The third-order valence-electron chi connectivity index (χ3n) is 6.01. The van der Waals surface area contributed by atoms with E-state index >= 15 is 0 Å². The summed E-state index contributed by atoms with van der Waals surface area (Å²) in [5.41, 5.74) is 2.69. The van der Waals surface area contributed by atoms with Gasteiger partial charge in [0, 0.05) is 37.0 Å². The smallest absolute Gasteiger partial charge is 0.410 e. The molecular weight excluding hydrogens is 402 g/mol. The van der Waals surface area contributed by atoms with Gasteiger partial charge in [-0.25, -0.2) is 9.48 Å². The number of carbonyl (C=O) groups is 1. The molecule has 0 spiro atoms. The Morgan fingerprint density at radius 1 is 0.938 bits per heavy atom. The van der Waals surface area contributed by atoms with Gasteiger partial charge in [0.2, 0.25) is 0 Å². The molecule has 2 heterocycles. The van der Waals surface area contributed by atoms with E-state index in [0.717, 1.165) is 17.4 Å². The molecule has 1 saturated heterocycles. The Kier molecular flexibility index (Phi) is 5.19. The first kappa shape index (κ1) is 20.0. The van der Waals surface area contributed by atoms with Crippen molar-refractivity contribution in [3.05, 3.63) is 94.8 Å². The molecule has 6 nitrogen and oxygen atoms in total. The molecule has 5 rings (SSSR count). The molecule has 160 valence electrons. The summed E-state index contributed by atoms with van der Waals surface area (Å²) < 4.78 is 6.96. The SMILES string of the molecule is Cn1nc(-c2ccc(OC(=O)N3CCC(c4ccccc4)C3)cc2)c2ccccc2c1=O. The van der Waals surface area contributed by atoms with E-state index in [9.17, 15) is 9.59 Å². The number of aryl methyl sites for hydroxylation is 1. The van der Waals surface area contributed by atoms with Crippen molar-refractivity contribution in [2.45, 2.75) is 12.3 Å². The average Bonchev–Trinajstić information content (AvgIpc) is 3.33. The predicted octanol–water partition coefficient (Wildman–Crippen LogP) is 4.59. The standard InChI is InChI=1S/C26H23N3O3/c1-28-25(30)23-10-6-5-9-22(23)24(27-28)19-11-13-21(14-12-19)32-26(31)29-16-15-20(17-29)18-7-3-2-4-8-18/h2-14,20H,15-17H2,1H3. The molecule has 0 bridgehead atoms. The summed E-state index contributed by atoms with van der Waals surface area (Å²) in [5, 5.41) is 5.87. The highest BCUT2D eigenvalue weighted by atomic mass is 16.6.